The van der Waals surface area contributed by atoms with Crippen molar-refractivity contribution in [1.82, 2.24) is 5.32 Å². The van der Waals surface area contributed by atoms with Crippen molar-refractivity contribution < 1.29 is 14.3 Å². The fraction of sp³-hybridized carbons (Fsp3) is 0.400. The number of aliphatic hydroxyl groups is 1. The fourth-order valence-electron chi connectivity index (χ4n) is 2.18. The fourth-order valence-corrected chi connectivity index (χ4v) is 3.63. The summed E-state index contributed by atoms with van der Waals surface area (Å²) in [7, 11) is 0. The van der Waals surface area contributed by atoms with Crippen molar-refractivity contribution in [2.24, 2.45) is 5.92 Å². The molecule has 1 atom stereocenters. The third-order valence-electron chi connectivity index (χ3n) is 3.11. The number of amides is 1. The van der Waals surface area contributed by atoms with Gasteiger partial charge >= 0.3 is 0 Å². The van der Waals surface area contributed by atoms with Crippen LogP contribution in [0.15, 0.2) is 18.2 Å². The Labute approximate surface area is 131 Å². The Kier molecular flexibility index (Phi) is 5.19. The lowest BCUT2D eigenvalue weighted by atomic mass is 10.0. The topological polar surface area (TPSA) is 49.3 Å². The highest BCUT2D eigenvalue weighted by Crippen LogP contribution is 2.35. The standard InChI is InChI=1S/C15H17ClFNO2S/c1-8(2)5-10(7-19)18-15(20)14-13(16)11-4-3-9(17)6-12(11)21-14/h3-4,6,8,10,19H,5,7H2,1-2H3,(H,18,20). The van der Waals surface area contributed by atoms with Gasteiger partial charge in [0.15, 0.2) is 0 Å². The molecule has 0 bridgehead atoms. The van der Waals surface area contributed by atoms with E-state index in [0.717, 1.165) is 11.3 Å². The van der Waals surface area contributed by atoms with E-state index < -0.39 is 0 Å². The first kappa shape index (κ1) is 16.2. The summed E-state index contributed by atoms with van der Waals surface area (Å²) < 4.78 is 13.9. The molecule has 1 heterocycles. The molecule has 0 saturated carbocycles. The lowest BCUT2D eigenvalue weighted by molar-refractivity contribution is 0.0912. The molecule has 0 aliphatic heterocycles. The Hall–Kier alpha value is -1.17. The first-order valence-corrected chi connectivity index (χ1v) is 7.91. The third-order valence-corrected chi connectivity index (χ3v) is 4.77. The van der Waals surface area contributed by atoms with Crippen LogP contribution in [-0.2, 0) is 0 Å². The van der Waals surface area contributed by atoms with Crippen LogP contribution in [0, 0.1) is 11.7 Å². The molecule has 21 heavy (non-hydrogen) atoms. The SMILES string of the molecule is CC(C)CC(CO)NC(=O)c1sc2cc(F)ccc2c1Cl. The normalized spacial score (nSPS) is 12.9. The number of fused-ring (bicyclic) bond motifs is 1. The minimum absolute atomic E-state index is 0.124. The summed E-state index contributed by atoms with van der Waals surface area (Å²) in [5.41, 5.74) is 0. The van der Waals surface area contributed by atoms with Gasteiger partial charge in [-0.25, -0.2) is 4.39 Å². The average molecular weight is 330 g/mol. The summed E-state index contributed by atoms with van der Waals surface area (Å²) >= 11 is 7.35. The Morgan fingerprint density at radius 3 is 2.81 bits per heavy atom. The van der Waals surface area contributed by atoms with Gasteiger partial charge in [-0.2, -0.15) is 0 Å². The molecular weight excluding hydrogens is 313 g/mol. The van der Waals surface area contributed by atoms with Crippen LogP contribution >= 0.6 is 22.9 Å². The first-order valence-electron chi connectivity index (χ1n) is 6.71. The number of nitrogens with one attached hydrogen (secondary N) is 1. The zero-order chi connectivity index (χ0) is 15.6. The van der Waals surface area contributed by atoms with Crippen molar-refractivity contribution >= 4 is 38.9 Å². The highest BCUT2D eigenvalue weighted by molar-refractivity contribution is 7.21. The number of carbonyl (C=O) groups is 1. The van der Waals surface area contributed by atoms with Crippen molar-refractivity contribution in [3.63, 3.8) is 0 Å². The quantitative estimate of drug-likeness (QED) is 0.875. The second-order valence-electron chi connectivity index (χ2n) is 5.37. The molecule has 1 aromatic carbocycles. The minimum atomic E-state index is -0.361. The van der Waals surface area contributed by atoms with Crippen LogP contribution in [0.1, 0.15) is 29.9 Å². The molecular formula is C15H17ClFNO2S. The lowest BCUT2D eigenvalue weighted by Gasteiger charge is -2.17. The van der Waals surface area contributed by atoms with Gasteiger partial charge in [-0.1, -0.05) is 25.4 Å². The van der Waals surface area contributed by atoms with E-state index in [4.69, 9.17) is 11.6 Å². The molecule has 2 N–H and O–H groups in total. The van der Waals surface area contributed by atoms with Gasteiger partial charge in [0.1, 0.15) is 10.7 Å². The molecule has 1 aromatic heterocycles. The molecule has 0 aliphatic carbocycles. The number of hydrogen-bond donors (Lipinski definition) is 2. The van der Waals surface area contributed by atoms with Crippen molar-refractivity contribution in [2.45, 2.75) is 26.3 Å². The van der Waals surface area contributed by atoms with Gasteiger partial charge in [-0.3, -0.25) is 4.79 Å². The summed E-state index contributed by atoms with van der Waals surface area (Å²) in [6.07, 6.45) is 0.680. The maximum absolute atomic E-state index is 13.2. The van der Waals surface area contributed by atoms with Crippen molar-refractivity contribution in [2.75, 3.05) is 6.61 Å². The van der Waals surface area contributed by atoms with Gasteiger partial charge < -0.3 is 10.4 Å². The molecule has 0 aliphatic rings. The predicted octanol–water partition coefficient (Wildman–Crippen LogP) is 3.83. The Morgan fingerprint density at radius 1 is 1.48 bits per heavy atom. The number of rotatable bonds is 5. The van der Waals surface area contributed by atoms with E-state index in [1.54, 1.807) is 6.07 Å². The number of thiophene rings is 1. The summed E-state index contributed by atoms with van der Waals surface area (Å²) in [4.78, 5) is 12.6. The summed E-state index contributed by atoms with van der Waals surface area (Å²) in [5, 5.41) is 13.1. The van der Waals surface area contributed by atoms with E-state index in [9.17, 15) is 14.3 Å². The summed E-state index contributed by atoms with van der Waals surface area (Å²) in [6.45, 7) is 3.91. The van der Waals surface area contributed by atoms with Gasteiger partial charge in [-0.15, -0.1) is 11.3 Å². The molecule has 0 spiro atoms. The van der Waals surface area contributed by atoms with Crippen LogP contribution in [0.2, 0.25) is 5.02 Å². The Balaban J connectivity index is 2.24. The zero-order valence-corrected chi connectivity index (χ0v) is 13.4. The maximum atomic E-state index is 13.2. The average Bonchev–Trinajstić information content (AvgIpc) is 2.74. The zero-order valence-electron chi connectivity index (χ0n) is 11.8. The predicted molar refractivity (Wildman–Crippen MR) is 84.6 cm³/mol. The molecule has 6 heteroatoms. The van der Waals surface area contributed by atoms with Crippen molar-refractivity contribution in [3.05, 3.63) is 33.9 Å². The number of halogens is 2. The van der Waals surface area contributed by atoms with E-state index in [1.165, 1.54) is 12.1 Å². The Morgan fingerprint density at radius 2 is 2.19 bits per heavy atom. The van der Waals surface area contributed by atoms with Crippen molar-refractivity contribution in [1.29, 1.82) is 0 Å². The van der Waals surface area contributed by atoms with Gasteiger partial charge in [0.2, 0.25) is 0 Å². The highest BCUT2D eigenvalue weighted by Gasteiger charge is 2.20. The number of benzene rings is 1. The third kappa shape index (κ3) is 3.73. The van der Waals surface area contributed by atoms with Gasteiger partial charge in [0, 0.05) is 10.1 Å². The highest BCUT2D eigenvalue weighted by atomic mass is 35.5. The molecule has 0 fully saturated rings. The van der Waals surface area contributed by atoms with Crippen LogP contribution in [0.4, 0.5) is 4.39 Å². The van der Waals surface area contributed by atoms with E-state index in [1.807, 2.05) is 13.8 Å². The second kappa shape index (κ2) is 6.73. The van der Waals surface area contributed by atoms with E-state index in [0.29, 0.717) is 32.3 Å². The number of aliphatic hydroxyl groups excluding tert-OH is 1. The molecule has 114 valence electrons. The minimum Gasteiger partial charge on any atom is -0.394 e. The first-order chi connectivity index (χ1) is 9.92. The van der Waals surface area contributed by atoms with Crippen LogP contribution in [-0.4, -0.2) is 23.7 Å². The smallest absolute Gasteiger partial charge is 0.263 e. The van der Waals surface area contributed by atoms with Crippen LogP contribution in [0.3, 0.4) is 0 Å². The molecule has 1 amide bonds. The largest absolute Gasteiger partial charge is 0.394 e. The van der Waals surface area contributed by atoms with Crippen LogP contribution in [0.5, 0.6) is 0 Å². The van der Waals surface area contributed by atoms with Crippen molar-refractivity contribution in [3.8, 4) is 0 Å². The van der Waals surface area contributed by atoms with E-state index >= 15 is 0 Å². The van der Waals surface area contributed by atoms with E-state index in [-0.39, 0.29) is 24.4 Å². The number of carbonyl (C=O) groups excluding carboxylic acids is 1. The molecule has 2 aromatic rings. The van der Waals surface area contributed by atoms with Gasteiger partial charge in [0.05, 0.1) is 17.7 Å². The van der Waals surface area contributed by atoms with Crippen LogP contribution < -0.4 is 5.32 Å². The molecule has 1 unspecified atom stereocenters. The van der Waals surface area contributed by atoms with E-state index in [2.05, 4.69) is 5.32 Å². The van der Waals surface area contributed by atoms with Gasteiger partial charge in [-0.05, 0) is 30.5 Å². The molecule has 2 rings (SSSR count). The van der Waals surface area contributed by atoms with Crippen LogP contribution in [0.25, 0.3) is 10.1 Å². The molecule has 0 saturated heterocycles. The lowest BCUT2D eigenvalue weighted by Crippen LogP contribution is -2.38. The Bertz CT molecular complexity index is 656. The summed E-state index contributed by atoms with van der Waals surface area (Å²) in [5.74, 6) is -0.337. The molecule has 0 radical (unpaired) electrons. The van der Waals surface area contributed by atoms with Gasteiger partial charge in [0.25, 0.3) is 5.91 Å². The maximum Gasteiger partial charge on any atom is 0.263 e. The number of hydrogen-bond acceptors (Lipinski definition) is 3. The molecule has 3 nitrogen and oxygen atoms in total. The monoisotopic (exact) mass is 329 g/mol. The summed E-state index contributed by atoms with van der Waals surface area (Å²) in [6, 6.07) is 3.94. The second-order valence-corrected chi connectivity index (χ2v) is 6.80.